The van der Waals surface area contributed by atoms with Crippen LogP contribution < -0.4 is 15.4 Å². The molecular formula is C26H28FN5O2S2. The summed E-state index contributed by atoms with van der Waals surface area (Å²) in [6.07, 6.45) is 3.46. The highest BCUT2D eigenvalue weighted by atomic mass is 32.2. The molecule has 1 amide bonds. The van der Waals surface area contributed by atoms with E-state index in [1.54, 1.807) is 36.7 Å². The lowest BCUT2D eigenvalue weighted by Crippen LogP contribution is -2.48. The van der Waals surface area contributed by atoms with Gasteiger partial charge in [0.15, 0.2) is 0 Å². The van der Waals surface area contributed by atoms with Crippen molar-refractivity contribution in [3.8, 4) is 6.07 Å². The van der Waals surface area contributed by atoms with Crippen LogP contribution in [0.1, 0.15) is 36.5 Å². The largest absolute Gasteiger partial charge is 0.368 e. The van der Waals surface area contributed by atoms with Crippen molar-refractivity contribution < 1.29 is 9.18 Å². The zero-order valence-electron chi connectivity index (χ0n) is 20.6. The van der Waals surface area contributed by atoms with Gasteiger partial charge in [-0.15, -0.1) is 0 Å². The van der Waals surface area contributed by atoms with Gasteiger partial charge in [0.25, 0.3) is 11.5 Å². The monoisotopic (exact) mass is 525 g/mol. The molecule has 0 spiro atoms. The number of thiocarbonyl (C=S) groups is 1. The number of nitriles is 1. The minimum atomic E-state index is -0.306. The van der Waals surface area contributed by atoms with Crippen LogP contribution in [-0.4, -0.2) is 52.9 Å². The van der Waals surface area contributed by atoms with Crippen LogP contribution in [0.4, 0.5) is 15.9 Å². The van der Waals surface area contributed by atoms with Gasteiger partial charge >= 0.3 is 0 Å². The third-order valence-corrected chi connectivity index (χ3v) is 8.10. The summed E-state index contributed by atoms with van der Waals surface area (Å²) in [5.41, 5.74) is 2.00. The maximum Gasteiger partial charge on any atom is 0.270 e. The highest BCUT2D eigenvalue weighted by molar-refractivity contribution is 8.26. The van der Waals surface area contributed by atoms with Gasteiger partial charge in [-0.25, -0.2) is 4.39 Å². The van der Waals surface area contributed by atoms with Crippen molar-refractivity contribution in [3.63, 3.8) is 0 Å². The van der Waals surface area contributed by atoms with E-state index in [9.17, 15) is 19.2 Å². The summed E-state index contributed by atoms with van der Waals surface area (Å²) >= 11 is 6.53. The first-order chi connectivity index (χ1) is 17.3. The van der Waals surface area contributed by atoms with Crippen LogP contribution in [0.2, 0.25) is 0 Å². The number of likely N-dealkylation sites (N-methyl/N-ethyl adjacent to an activating group) is 1. The molecule has 188 valence electrons. The molecule has 10 heteroatoms. The molecule has 0 unspecified atom stereocenters. The Morgan fingerprint density at radius 1 is 1.14 bits per heavy atom. The first-order valence-corrected chi connectivity index (χ1v) is 13.1. The van der Waals surface area contributed by atoms with Gasteiger partial charge in [0.05, 0.1) is 4.91 Å². The van der Waals surface area contributed by atoms with Crippen molar-refractivity contribution in [2.75, 3.05) is 43.0 Å². The van der Waals surface area contributed by atoms with E-state index in [2.05, 4.69) is 22.8 Å². The molecule has 2 aliphatic rings. The summed E-state index contributed by atoms with van der Waals surface area (Å²) < 4.78 is 15.6. The number of rotatable bonds is 6. The molecule has 4 rings (SSSR count). The minimum Gasteiger partial charge on any atom is -0.368 e. The van der Waals surface area contributed by atoms with Gasteiger partial charge in [0, 0.05) is 51.0 Å². The minimum absolute atomic E-state index is 0.0954. The number of nitrogens with zero attached hydrogens (tertiary/aromatic N) is 5. The second-order valence-corrected chi connectivity index (χ2v) is 10.5. The van der Waals surface area contributed by atoms with Crippen molar-refractivity contribution in [1.29, 1.82) is 5.26 Å². The van der Waals surface area contributed by atoms with Crippen LogP contribution >= 0.6 is 24.0 Å². The Balaban J connectivity index is 1.79. The molecule has 0 bridgehead atoms. The van der Waals surface area contributed by atoms with Crippen molar-refractivity contribution in [2.45, 2.75) is 33.2 Å². The molecule has 0 aliphatic carbocycles. The number of carbonyl (C=O) groups is 1. The van der Waals surface area contributed by atoms with Crippen molar-refractivity contribution >= 4 is 51.8 Å². The number of aromatic nitrogens is 1. The van der Waals surface area contributed by atoms with Gasteiger partial charge in [-0.05, 0) is 49.2 Å². The predicted molar refractivity (Wildman–Crippen MR) is 147 cm³/mol. The number of pyridine rings is 1. The Bertz CT molecular complexity index is 1320. The first kappa shape index (κ1) is 25.9. The van der Waals surface area contributed by atoms with Gasteiger partial charge in [0.1, 0.15) is 27.6 Å². The highest BCUT2D eigenvalue weighted by Gasteiger charge is 2.31. The predicted octanol–water partition coefficient (Wildman–Crippen LogP) is 4.13. The number of benzene rings is 1. The summed E-state index contributed by atoms with van der Waals surface area (Å²) in [6, 6.07) is 8.54. The first-order valence-electron chi connectivity index (χ1n) is 11.9. The van der Waals surface area contributed by atoms with E-state index in [-0.39, 0.29) is 22.8 Å². The lowest BCUT2D eigenvalue weighted by molar-refractivity contribution is -0.121. The number of hydrogen-bond acceptors (Lipinski definition) is 7. The Morgan fingerprint density at radius 2 is 1.78 bits per heavy atom. The third kappa shape index (κ3) is 4.90. The van der Waals surface area contributed by atoms with E-state index in [1.165, 1.54) is 28.8 Å². The molecule has 0 N–H and O–H groups in total. The van der Waals surface area contributed by atoms with Gasteiger partial charge in [-0.3, -0.25) is 19.1 Å². The van der Waals surface area contributed by atoms with E-state index in [0.29, 0.717) is 53.1 Å². The van der Waals surface area contributed by atoms with Crippen LogP contribution in [0.5, 0.6) is 0 Å². The summed E-state index contributed by atoms with van der Waals surface area (Å²) in [5, 5.41) is 9.82. The zero-order valence-corrected chi connectivity index (χ0v) is 22.2. The Labute approximate surface area is 219 Å². The lowest BCUT2D eigenvalue weighted by atomic mass is 10.0. The van der Waals surface area contributed by atoms with E-state index < -0.39 is 0 Å². The van der Waals surface area contributed by atoms with Crippen molar-refractivity contribution in [1.82, 2.24) is 9.47 Å². The Hall–Kier alpha value is -3.16. The van der Waals surface area contributed by atoms with Gasteiger partial charge in [-0.2, -0.15) is 5.26 Å². The van der Waals surface area contributed by atoms with Gasteiger partial charge < -0.3 is 9.80 Å². The molecule has 1 aromatic carbocycles. The second kappa shape index (κ2) is 10.8. The van der Waals surface area contributed by atoms with Gasteiger partial charge in [-0.1, -0.05) is 37.3 Å². The number of piperazine rings is 1. The van der Waals surface area contributed by atoms with Crippen LogP contribution in [0.25, 0.3) is 6.08 Å². The number of unbranched alkanes of at least 4 members (excludes halogenated alkanes) is 1. The molecular weight excluding hydrogens is 497 g/mol. The third-order valence-electron chi connectivity index (χ3n) is 6.61. The fraction of sp³-hybridized carbons (Fsp3) is 0.385. The lowest BCUT2D eigenvalue weighted by Gasteiger charge is -2.39. The molecule has 2 aliphatic heterocycles. The zero-order chi connectivity index (χ0) is 26.0. The Kier molecular flexibility index (Phi) is 7.81. The molecule has 2 aromatic rings. The average molecular weight is 526 g/mol. The fourth-order valence-electron chi connectivity index (χ4n) is 4.51. The normalized spacial score (nSPS) is 17.3. The average Bonchev–Trinajstić information content (AvgIpc) is 3.12. The van der Waals surface area contributed by atoms with E-state index >= 15 is 0 Å². The number of hydrogen-bond donors (Lipinski definition) is 0. The molecule has 7 nitrogen and oxygen atoms in total. The maximum absolute atomic E-state index is 13.4. The van der Waals surface area contributed by atoms with Crippen molar-refractivity contribution in [3.05, 3.63) is 62.0 Å². The molecule has 0 saturated carbocycles. The molecule has 0 atom stereocenters. The summed E-state index contributed by atoms with van der Waals surface area (Å²) in [4.78, 5) is 32.4. The van der Waals surface area contributed by atoms with E-state index in [4.69, 9.17) is 12.2 Å². The molecule has 0 radical (unpaired) electrons. The van der Waals surface area contributed by atoms with Crippen LogP contribution in [0.3, 0.4) is 0 Å². The number of amides is 1. The quantitative estimate of drug-likeness (QED) is 0.415. The molecule has 3 heterocycles. The number of carbonyl (C=O) groups excluding carboxylic acids is 1. The molecule has 2 saturated heterocycles. The smallest absolute Gasteiger partial charge is 0.270 e. The summed E-state index contributed by atoms with van der Waals surface area (Å²) in [7, 11) is 1.64. The summed E-state index contributed by atoms with van der Waals surface area (Å²) in [5.74, 6) is 0.263. The number of anilines is 2. The summed E-state index contributed by atoms with van der Waals surface area (Å²) in [6.45, 7) is 6.92. The topological polar surface area (TPSA) is 72.6 Å². The number of thioether (sulfide) groups is 1. The van der Waals surface area contributed by atoms with Crippen LogP contribution in [0.15, 0.2) is 34.0 Å². The molecule has 36 heavy (non-hydrogen) atoms. The second-order valence-electron chi connectivity index (χ2n) is 8.85. The molecule has 2 fully saturated rings. The Morgan fingerprint density at radius 3 is 2.33 bits per heavy atom. The van der Waals surface area contributed by atoms with Gasteiger partial charge in [0.2, 0.25) is 0 Å². The van der Waals surface area contributed by atoms with Crippen LogP contribution in [0, 0.1) is 24.1 Å². The van der Waals surface area contributed by atoms with Crippen LogP contribution in [-0.2, 0) is 11.3 Å². The highest BCUT2D eigenvalue weighted by Crippen LogP contribution is 2.35. The van der Waals surface area contributed by atoms with Crippen molar-refractivity contribution in [2.24, 2.45) is 0 Å². The van der Waals surface area contributed by atoms with E-state index in [1.807, 2.05) is 0 Å². The number of halogens is 1. The fourth-order valence-corrected chi connectivity index (χ4v) is 5.67. The molecule has 1 aromatic heterocycles. The SMILES string of the molecule is CCCCn1c(N2CCN(c3ccc(F)cc3)CC2)c(/C=C2\SC(=S)N(C)C2=O)c(C)c(C#N)c1=O. The van der Waals surface area contributed by atoms with E-state index in [0.717, 1.165) is 24.3 Å². The maximum atomic E-state index is 13.4. The standard InChI is InChI=1S/C26H28FN5O2S2/c1-4-5-10-32-23(31-13-11-30(12-14-31)19-8-6-18(27)7-9-19)20(17(2)21(16-28)24(32)33)15-22-25(34)29(3)26(35)36-22/h6-9,15H,4-5,10-14H2,1-3H3/b22-15-.